The van der Waals surface area contributed by atoms with Crippen molar-refractivity contribution in [2.24, 2.45) is 0 Å². The van der Waals surface area contributed by atoms with Gasteiger partial charge in [-0.15, -0.1) is 0 Å². The summed E-state index contributed by atoms with van der Waals surface area (Å²) in [6.45, 7) is 10.9. The maximum Gasteiger partial charge on any atom is 0.192 e. The van der Waals surface area contributed by atoms with Crippen molar-refractivity contribution in [3.63, 3.8) is 0 Å². The Kier molecular flexibility index (Phi) is 7.43. The van der Waals surface area contributed by atoms with E-state index in [9.17, 15) is 4.79 Å². The van der Waals surface area contributed by atoms with Crippen molar-refractivity contribution >= 4 is 5.78 Å². The zero-order valence-corrected chi connectivity index (χ0v) is 9.94. The summed E-state index contributed by atoms with van der Waals surface area (Å²) >= 11 is 0. The highest BCUT2D eigenvalue weighted by atomic mass is 16.1. The van der Waals surface area contributed by atoms with Crippen LogP contribution in [0.2, 0.25) is 0 Å². The molecule has 0 N–H and O–H groups in total. The van der Waals surface area contributed by atoms with Crippen LogP contribution in [-0.4, -0.2) is 5.78 Å². The Bertz CT molecular complexity index is 376. The number of allylic oxidation sites excluding steroid dienone is 10. The SMILES string of the molecule is C=C/C=C\C(=C/C=C)C(=O)C(/C=C\C)=C/C. The van der Waals surface area contributed by atoms with Crippen LogP contribution in [-0.2, 0) is 4.79 Å². The second-order valence-electron chi connectivity index (χ2n) is 3.03. The molecule has 0 heterocycles. The molecule has 84 valence electrons. The van der Waals surface area contributed by atoms with Crippen LogP contribution < -0.4 is 0 Å². The molecule has 0 rings (SSSR count). The molecule has 0 saturated heterocycles. The van der Waals surface area contributed by atoms with Crippen molar-refractivity contribution in [2.45, 2.75) is 13.8 Å². The molecule has 0 amide bonds. The van der Waals surface area contributed by atoms with Crippen LogP contribution in [0.3, 0.4) is 0 Å². The van der Waals surface area contributed by atoms with Gasteiger partial charge in [-0.05, 0) is 13.8 Å². The van der Waals surface area contributed by atoms with Crippen LogP contribution in [0.5, 0.6) is 0 Å². The number of hydrogen-bond acceptors (Lipinski definition) is 1. The summed E-state index contributed by atoms with van der Waals surface area (Å²) in [5.41, 5.74) is 1.27. The molecule has 0 aromatic rings. The van der Waals surface area contributed by atoms with Crippen LogP contribution in [0.25, 0.3) is 0 Å². The fourth-order valence-electron chi connectivity index (χ4n) is 1.15. The molecule has 1 nitrogen and oxygen atoms in total. The van der Waals surface area contributed by atoms with Crippen molar-refractivity contribution < 1.29 is 4.79 Å². The molecule has 0 aromatic heterocycles. The summed E-state index contributed by atoms with van der Waals surface area (Å²) in [5.74, 6) is -0.0152. The minimum Gasteiger partial charge on any atom is -0.289 e. The number of carbonyl (C=O) groups excluding carboxylic acids is 1. The molecule has 0 aromatic carbocycles. The zero-order chi connectivity index (χ0) is 12.4. The van der Waals surface area contributed by atoms with E-state index in [4.69, 9.17) is 0 Å². The maximum absolute atomic E-state index is 12.0. The van der Waals surface area contributed by atoms with Crippen molar-refractivity contribution in [1.82, 2.24) is 0 Å². The minimum absolute atomic E-state index is 0.0152. The van der Waals surface area contributed by atoms with E-state index in [2.05, 4.69) is 13.2 Å². The third kappa shape index (κ3) is 4.56. The maximum atomic E-state index is 12.0. The molecular formula is C15H18O. The Labute approximate surface area is 97.9 Å². The molecule has 0 radical (unpaired) electrons. The molecular weight excluding hydrogens is 196 g/mol. The average molecular weight is 214 g/mol. The molecule has 0 saturated carbocycles. The molecule has 0 fully saturated rings. The molecule has 1 heteroatoms. The van der Waals surface area contributed by atoms with Gasteiger partial charge in [-0.3, -0.25) is 4.79 Å². The van der Waals surface area contributed by atoms with Crippen molar-refractivity contribution in [3.05, 3.63) is 72.9 Å². The molecule has 0 bridgehead atoms. The van der Waals surface area contributed by atoms with Crippen LogP contribution in [0.15, 0.2) is 72.9 Å². The molecule has 0 aliphatic rings. The van der Waals surface area contributed by atoms with Gasteiger partial charge >= 0.3 is 0 Å². The summed E-state index contributed by atoms with van der Waals surface area (Å²) < 4.78 is 0. The highest BCUT2D eigenvalue weighted by molar-refractivity contribution is 6.11. The monoisotopic (exact) mass is 214 g/mol. The highest BCUT2D eigenvalue weighted by Gasteiger charge is 2.08. The normalized spacial score (nSPS) is 13.4. The first-order chi connectivity index (χ1) is 7.71. The van der Waals surface area contributed by atoms with Gasteiger partial charge in [0.15, 0.2) is 5.78 Å². The average Bonchev–Trinajstić information content (AvgIpc) is 2.30. The number of rotatable bonds is 6. The minimum atomic E-state index is -0.0152. The molecule has 16 heavy (non-hydrogen) atoms. The van der Waals surface area contributed by atoms with E-state index in [0.29, 0.717) is 11.1 Å². The van der Waals surface area contributed by atoms with Gasteiger partial charge in [0.1, 0.15) is 0 Å². The van der Waals surface area contributed by atoms with Crippen LogP contribution in [0, 0.1) is 0 Å². The summed E-state index contributed by atoms with van der Waals surface area (Å²) in [7, 11) is 0. The van der Waals surface area contributed by atoms with Gasteiger partial charge in [-0.25, -0.2) is 0 Å². The summed E-state index contributed by atoms with van der Waals surface area (Å²) in [5, 5.41) is 0. The lowest BCUT2D eigenvalue weighted by Crippen LogP contribution is -2.02. The summed E-state index contributed by atoms with van der Waals surface area (Å²) in [4.78, 5) is 12.0. The topological polar surface area (TPSA) is 17.1 Å². The second-order valence-corrected chi connectivity index (χ2v) is 3.03. The summed E-state index contributed by atoms with van der Waals surface area (Å²) in [6, 6.07) is 0. The quantitative estimate of drug-likeness (QED) is 0.483. The van der Waals surface area contributed by atoms with E-state index in [0.717, 1.165) is 0 Å². The van der Waals surface area contributed by atoms with Crippen LogP contribution in [0.1, 0.15) is 13.8 Å². The lowest BCUT2D eigenvalue weighted by atomic mass is 10.0. The smallest absolute Gasteiger partial charge is 0.192 e. The van der Waals surface area contributed by atoms with Gasteiger partial charge in [0.05, 0.1) is 0 Å². The predicted octanol–water partition coefficient (Wildman–Crippen LogP) is 3.93. The Hall–Kier alpha value is -1.89. The molecule has 0 atom stereocenters. The highest BCUT2D eigenvalue weighted by Crippen LogP contribution is 2.10. The van der Waals surface area contributed by atoms with Gasteiger partial charge in [-0.2, -0.15) is 0 Å². The standard InChI is InChI=1S/C15H18O/c1-5-9-12-14(11-7-3)15(16)13(8-4)10-6-2/h5-12H,1,3H2,2,4H3/b10-6-,12-9-,13-8+,14-11+. The first-order valence-corrected chi connectivity index (χ1v) is 5.16. The molecule has 0 aliphatic carbocycles. The lowest BCUT2D eigenvalue weighted by Gasteiger charge is -2.01. The molecule has 0 unspecified atom stereocenters. The number of Topliss-reactive ketones (excluding diaryl/α,β-unsaturated/α-hetero) is 1. The van der Waals surface area contributed by atoms with Gasteiger partial charge in [0.25, 0.3) is 0 Å². The zero-order valence-electron chi connectivity index (χ0n) is 9.94. The number of hydrogen-bond donors (Lipinski definition) is 0. The van der Waals surface area contributed by atoms with E-state index in [1.54, 1.807) is 42.5 Å². The van der Waals surface area contributed by atoms with Gasteiger partial charge in [0.2, 0.25) is 0 Å². The van der Waals surface area contributed by atoms with Crippen molar-refractivity contribution in [2.75, 3.05) is 0 Å². The Morgan fingerprint density at radius 2 is 1.69 bits per heavy atom. The Morgan fingerprint density at radius 3 is 2.12 bits per heavy atom. The van der Waals surface area contributed by atoms with E-state index in [1.165, 1.54) is 0 Å². The Balaban J connectivity index is 5.16. The van der Waals surface area contributed by atoms with Crippen molar-refractivity contribution in [1.29, 1.82) is 0 Å². The first kappa shape index (κ1) is 14.1. The van der Waals surface area contributed by atoms with Gasteiger partial charge < -0.3 is 0 Å². The van der Waals surface area contributed by atoms with E-state index in [-0.39, 0.29) is 5.78 Å². The molecule has 0 spiro atoms. The number of carbonyl (C=O) groups is 1. The predicted molar refractivity (Wildman–Crippen MR) is 71.2 cm³/mol. The van der Waals surface area contributed by atoms with E-state index < -0.39 is 0 Å². The third-order valence-electron chi connectivity index (χ3n) is 1.89. The second kappa shape index (κ2) is 8.42. The van der Waals surface area contributed by atoms with Gasteiger partial charge in [0, 0.05) is 11.1 Å². The van der Waals surface area contributed by atoms with E-state index >= 15 is 0 Å². The fourth-order valence-corrected chi connectivity index (χ4v) is 1.15. The lowest BCUT2D eigenvalue weighted by molar-refractivity contribution is -0.111. The number of ketones is 1. The Morgan fingerprint density at radius 1 is 1.00 bits per heavy atom. The van der Waals surface area contributed by atoms with Crippen LogP contribution >= 0.6 is 0 Å². The fraction of sp³-hybridized carbons (Fsp3) is 0.133. The van der Waals surface area contributed by atoms with Gasteiger partial charge in [-0.1, -0.05) is 61.8 Å². The van der Waals surface area contributed by atoms with Crippen molar-refractivity contribution in [3.8, 4) is 0 Å². The van der Waals surface area contributed by atoms with Crippen LogP contribution in [0.4, 0.5) is 0 Å². The largest absolute Gasteiger partial charge is 0.289 e. The third-order valence-corrected chi connectivity index (χ3v) is 1.89. The molecule has 0 aliphatic heterocycles. The first-order valence-electron chi connectivity index (χ1n) is 5.16. The summed E-state index contributed by atoms with van der Waals surface area (Å²) in [6.07, 6.45) is 13.8. The van der Waals surface area contributed by atoms with E-state index in [1.807, 2.05) is 19.9 Å².